The summed E-state index contributed by atoms with van der Waals surface area (Å²) in [6, 6.07) is 9.62. The van der Waals surface area contributed by atoms with E-state index in [-0.39, 0.29) is 6.61 Å². The Bertz CT molecular complexity index is 545. The summed E-state index contributed by atoms with van der Waals surface area (Å²) in [4.78, 5) is 0. The van der Waals surface area contributed by atoms with Crippen molar-refractivity contribution in [3.8, 4) is 0 Å². The van der Waals surface area contributed by atoms with Crippen LogP contribution in [0, 0.1) is 0 Å². The number of hydrogen-bond donors (Lipinski definition) is 2. The van der Waals surface area contributed by atoms with E-state index < -0.39 is 24.6 Å². The first kappa shape index (κ1) is 24.1. The molecule has 4 heteroatoms. The number of aliphatic hydroxyl groups is 2. The average Bonchev–Trinajstić information content (AvgIpc) is 2.75. The van der Waals surface area contributed by atoms with Gasteiger partial charge in [0.15, 0.2) is 6.29 Å². The van der Waals surface area contributed by atoms with Gasteiger partial charge < -0.3 is 19.7 Å². The zero-order valence-corrected chi connectivity index (χ0v) is 18.0. The molecule has 4 atom stereocenters. The number of allylic oxidation sites excluding steroid dienone is 1. The van der Waals surface area contributed by atoms with Crippen molar-refractivity contribution in [3.05, 3.63) is 48.0 Å². The Morgan fingerprint density at radius 1 is 0.966 bits per heavy atom. The minimum atomic E-state index is -0.830. The fourth-order valence-electron chi connectivity index (χ4n) is 3.74. The monoisotopic (exact) mass is 404 g/mol. The molecule has 1 aromatic rings. The smallest absolute Gasteiger partial charge is 0.184 e. The van der Waals surface area contributed by atoms with Crippen molar-refractivity contribution in [1.82, 2.24) is 0 Å². The lowest BCUT2D eigenvalue weighted by Gasteiger charge is -2.35. The zero-order chi connectivity index (χ0) is 20.7. The van der Waals surface area contributed by atoms with Gasteiger partial charge in [-0.25, -0.2) is 0 Å². The van der Waals surface area contributed by atoms with Crippen molar-refractivity contribution in [2.24, 2.45) is 0 Å². The van der Waals surface area contributed by atoms with Gasteiger partial charge in [-0.2, -0.15) is 0 Å². The molecular formula is C25H40O4. The van der Waals surface area contributed by atoms with E-state index in [1.54, 1.807) is 6.08 Å². The van der Waals surface area contributed by atoms with E-state index in [2.05, 4.69) is 6.92 Å². The van der Waals surface area contributed by atoms with Gasteiger partial charge in [0.2, 0.25) is 0 Å². The Morgan fingerprint density at radius 2 is 1.59 bits per heavy atom. The molecule has 2 N–H and O–H groups in total. The third-order valence-corrected chi connectivity index (χ3v) is 5.54. The summed E-state index contributed by atoms with van der Waals surface area (Å²) in [5.41, 5.74) is 0.894. The van der Waals surface area contributed by atoms with Crippen LogP contribution in [0.2, 0.25) is 0 Å². The van der Waals surface area contributed by atoms with Crippen molar-refractivity contribution in [2.75, 3.05) is 6.61 Å². The van der Waals surface area contributed by atoms with Gasteiger partial charge in [0.1, 0.15) is 18.3 Å². The van der Waals surface area contributed by atoms with Crippen LogP contribution in [-0.2, 0) is 9.47 Å². The summed E-state index contributed by atoms with van der Waals surface area (Å²) in [6.07, 6.45) is 15.1. The lowest BCUT2D eigenvalue weighted by Crippen LogP contribution is -2.46. The van der Waals surface area contributed by atoms with Crippen LogP contribution in [0.1, 0.15) is 89.4 Å². The molecule has 1 heterocycles. The Balaban J connectivity index is 1.58. The van der Waals surface area contributed by atoms with Gasteiger partial charge in [-0.1, -0.05) is 107 Å². The van der Waals surface area contributed by atoms with Gasteiger partial charge >= 0.3 is 0 Å². The highest BCUT2D eigenvalue weighted by molar-refractivity contribution is 5.16. The van der Waals surface area contributed by atoms with Crippen molar-refractivity contribution in [2.45, 2.75) is 102 Å². The summed E-state index contributed by atoms with van der Waals surface area (Å²) in [5, 5.41) is 20.6. The molecule has 164 valence electrons. The molecule has 0 bridgehead atoms. The molecule has 2 rings (SSSR count). The van der Waals surface area contributed by atoms with Crippen LogP contribution in [0.15, 0.2) is 42.5 Å². The molecule has 0 unspecified atom stereocenters. The van der Waals surface area contributed by atoms with Crippen LogP contribution >= 0.6 is 0 Å². The summed E-state index contributed by atoms with van der Waals surface area (Å²) >= 11 is 0. The van der Waals surface area contributed by atoms with Crippen LogP contribution in [-0.4, -0.2) is 35.1 Å². The molecular weight excluding hydrogens is 364 g/mol. The topological polar surface area (TPSA) is 58.9 Å². The largest absolute Gasteiger partial charge is 0.388 e. The van der Waals surface area contributed by atoms with Gasteiger partial charge in [0.05, 0.1) is 6.61 Å². The highest BCUT2D eigenvalue weighted by Gasteiger charge is 2.35. The molecule has 4 nitrogen and oxygen atoms in total. The molecule has 0 aromatic heterocycles. The van der Waals surface area contributed by atoms with Gasteiger partial charge in [0, 0.05) is 5.56 Å². The SMILES string of the molecule is CCCCCCCCCCCC/C=C/[C@@H](O)[C@H]1O[C@@H](c2ccccc2)OC[C@H]1O. The van der Waals surface area contributed by atoms with Crippen LogP contribution in [0.4, 0.5) is 0 Å². The number of ether oxygens (including phenoxy) is 2. The molecule has 1 aliphatic rings. The van der Waals surface area contributed by atoms with E-state index in [9.17, 15) is 10.2 Å². The normalized spacial score (nSPS) is 23.5. The number of hydrogen-bond acceptors (Lipinski definition) is 4. The third-order valence-electron chi connectivity index (χ3n) is 5.54. The Hall–Kier alpha value is -1.20. The molecule has 29 heavy (non-hydrogen) atoms. The second-order valence-corrected chi connectivity index (χ2v) is 8.13. The minimum absolute atomic E-state index is 0.160. The molecule has 0 spiro atoms. The fourth-order valence-corrected chi connectivity index (χ4v) is 3.74. The number of aliphatic hydroxyl groups excluding tert-OH is 2. The second kappa shape index (κ2) is 14.7. The Labute approximate surface area is 176 Å². The van der Waals surface area contributed by atoms with Crippen LogP contribution in [0.3, 0.4) is 0 Å². The van der Waals surface area contributed by atoms with E-state index in [1.165, 1.54) is 57.8 Å². The van der Waals surface area contributed by atoms with Crippen LogP contribution in [0.5, 0.6) is 0 Å². The molecule has 1 saturated heterocycles. The standard InChI is InChI=1S/C25H40O4/c1-2-3-4-5-6-7-8-9-10-11-12-16-19-22(26)24-23(27)20-28-25(29-24)21-17-14-13-15-18-21/h13-19,22-27H,2-12,20H2,1H3/b19-16+/t22-,23-,24-,25+/m1/s1. The molecule has 1 aliphatic heterocycles. The summed E-state index contributed by atoms with van der Waals surface area (Å²) < 4.78 is 11.4. The maximum absolute atomic E-state index is 10.4. The lowest BCUT2D eigenvalue weighted by molar-refractivity contribution is -0.270. The number of rotatable bonds is 14. The van der Waals surface area contributed by atoms with Crippen molar-refractivity contribution in [1.29, 1.82) is 0 Å². The van der Waals surface area contributed by atoms with E-state index in [4.69, 9.17) is 9.47 Å². The summed E-state index contributed by atoms with van der Waals surface area (Å²) in [5.74, 6) is 0. The van der Waals surface area contributed by atoms with E-state index >= 15 is 0 Å². The van der Waals surface area contributed by atoms with Crippen molar-refractivity contribution >= 4 is 0 Å². The molecule has 0 aliphatic carbocycles. The molecule has 0 amide bonds. The highest BCUT2D eigenvalue weighted by Crippen LogP contribution is 2.28. The first-order valence-corrected chi connectivity index (χ1v) is 11.6. The molecule has 0 radical (unpaired) electrons. The Kier molecular flexibility index (Phi) is 12.2. The number of benzene rings is 1. The molecule has 1 fully saturated rings. The van der Waals surface area contributed by atoms with E-state index in [0.29, 0.717) is 0 Å². The first-order chi connectivity index (χ1) is 14.2. The molecule has 0 saturated carbocycles. The minimum Gasteiger partial charge on any atom is -0.388 e. The quantitative estimate of drug-likeness (QED) is 0.309. The van der Waals surface area contributed by atoms with Gasteiger partial charge in [0.25, 0.3) is 0 Å². The van der Waals surface area contributed by atoms with Gasteiger partial charge in [-0.15, -0.1) is 0 Å². The van der Waals surface area contributed by atoms with E-state index in [0.717, 1.165) is 18.4 Å². The zero-order valence-electron chi connectivity index (χ0n) is 18.0. The Morgan fingerprint density at radius 3 is 2.24 bits per heavy atom. The predicted molar refractivity (Wildman–Crippen MR) is 118 cm³/mol. The average molecular weight is 405 g/mol. The highest BCUT2D eigenvalue weighted by atomic mass is 16.7. The van der Waals surface area contributed by atoms with Crippen molar-refractivity contribution < 1.29 is 19.7 Å². The third kappa shape index (κ3) is 9.43. The van der Waals surface area contributed by atoms with Crippen LogP contribution in [0.25, 0.3) is 0 Å². The van der Waals surface area contributed by atoms with Gasteiger partial charge in [-0.3, -0.25) is 0 Å². The van der Waals surface area contributed by atoms with Gasteiger partial charge in [-0.05, 0) is 12.8 Å². The lowest BCUT2D eigenvalue weighted by atomic mass is 10.0. The van der Waals surface area contributed by atoms with Crippen molar-refractivity contribution in [3.63, 3.8) is 0 Å². The number of unbranched alkanes of at least 4 members (excludes halogenated alkanes) is 10. The van der Waals surface area contributed by atoms with Crippen LogP contribution < -0.4 is 0 Å². The maximum Gasteiger partial charge on any atom is 0.184 e. The van der Waals surface area contributed by atoms with E-state index in [1.807, 2.05) is 36.4 Å². The fraction of sp³-hybridized carbons (Fsp3) is 0.680. The summed E-state index contributed by atoms with van der Waals surface area (Å²) in [6.45, 7) is 2.42. The maximum atomic E-state index is 10.4. The predicted octanol–water partition coefficient (Wildman–Crippen LogP) is 5.69. The molecule has 1 aromatic carbocycles. The first-order valence-electron chi connectivity index (χ1n) is 11.6. The second-order valence-electron chi connectivity index (χ2n) is 8.13. The summed E-state index contributed by atoms with van der Waals surface area (Å²) in [7, 11) is 0.